The monoisotopic (exact) mass is 465 g/mol. The number of fused-ring (bicyclic) bond motifs is 3. The van der Waals surface area contributed by atoms with Gasteiger partial charge in [-0.3, -0.25) is 0 Å². The first kappa shape index (κ1) is 22.4. The van der Waals surface area contributed by atoms with Crippen LogP contribution in [0.15, 0.2) is 97.1 Å². The molecular weight excluding hydrogens is 434 g/mol. The topological polar surface area (TPSA) is 12.0 Å². The molecule has 0 unspecified atom stereocenters. The molecule has 0 atom stereocenters. The van der Waals surface area contributed by atoms with Gasteiger partial charge in [0, 0.05) is 12.7 Å². The number of rotatable bonds is 4. The number of allylic oxidation sites excluding steroid dienone is 1. The van der Waals surface area contributed by atoms with Crippen LogP contribution >= 0.6 is 0 Å². The summed E-state index contributed by atoms with van der Waals surface area (Å²) >= 11 is 0. The molecule has 36 heavy (non-hydrogen) atoms. The quantitative estimate of drug-likeness (QED) is 0.279. The van der Waals surface area contributed by atoms with Gasteiger partial charge in [-0.2, -0.15) is 0 Å². The van der Waals surface area contributed by atoms with Crippen LogP contribution in [0, 0.1) is 13.8 Å². The fraction of sp³-hybridized carbons (Fsp3) is 0.143. The maximum absolute atomic E-state index is 3.23. The van der Waals surface area contributed by atoms with Crippen LogP contribution in [-0.2, 0) is 6.42 Å². The van der Waals surface area contributed by atoms with Gasteiger partial charge in [-0.05, 0) is 106 Å². The van der Waals surface area contributed by atoms with Crippen molar-refractivity contribution >= 4 is 22.5 Å². The fourth-order valence-corrected chi connectivity index (χ4v) is 5.59. The Hall–Kier alpha value is -4.10. The number of hydrogen-bond acceptors (Lipinski definition) is 1. The summed E-state index contributed by atoms with van der Waals surface area (Å²) in [5.41, 5.74) is 14.1. The Balaban J connectivity index is 1.55. The van der Waals surface area contributed by atoms with E-state index < -0.39 is 0 Å². The van der Waals surface area contributed by atoms with Crippen molar-refractivity contribution in [2.45, 2.75) is 26.7 Å². The zero-order valence-corrected chi connectivity index (χ0v) is 21.2. The second kappa shape index (κ2) is 9.17. The highest BCUT2D eigenvalue weighted by Gasteiger charge is 2.13. The molecule has 0 aliphatic heterocycles. The summed E-state index contributed by atoms with van der Waals surface area (Å²) in [7, 11) is 1.96. The molecule has 1 aliphatic rings. The second-order valence-corrected chi connectivity index (χ2v) is 9.98. The molecule has 0 aromatic heterocycles. The van der Waals surface area contributed by atoms with Crippen LogP contribution in [0.5, 0.6) is 0 Å². The lowest BCUT2D eigenvalue weighted by atomic mass is 9.88. The second-order valence-electron chi connectivity index (χ2n) is 9.98. The molecule has 0 amide bonds. The molecule has 176 valence electrons. The molecule has 0 heterocycles. The summed E-state index contributed by atoms with van der Waals surface area (Å²) in [5, 5.41) is 5.87. The minimum absolute atomic E-state index is 1.12. The first-order valence-corrected chi connectivity index (χ1v) is 12.8. The molecule has 5 aromatic carbocycles. The third kappa shape index (κ3) is 4.12. The standard InChI is InChI=1S/C35H31N/c1-23-18-24(2)20-30(19-23)27-12-16-33(26-10-14-31(36-3)15-11-26)35(22-27)29-13-17-34-28(21-29)9-8-25-6-4-5-7-32(25)34/h5,7-22,36H,4,6H2,1-3H3. The van der Waals surface area contributed by atoms with Crippen molar-refractivity contribution in [3.8, 4) is 33.4 Å². The maximum atomic E-state index is 3.23. The zero-order valence-electron chi connectivity index (χ0n) is 21.2. The lowest BCUT2D eigenvalue weighted by Gasteiger charge is -2.17. The van der Waals surface area contributed by atoms with Gasteiger partial charge in [0.25, 0.3) is 0 Å². The Morgan fingerprint density at radius 1 is 0.611 bits per heavy atom. The molecule has 1 heteroatoms. The molecule has 0 radical (unpaired) electrons. The summed E-state index contributed by atoms with van der Waals surface area (Å²) in [6.07, 6.45) is 6.87. The Bertz CT molecular complexity index is 1600. The number of benzene rings is 5. The first-order valence-electron chi connectivity index (χ1n) is 12.8. The molecule has 6 rings (SSSR count). The highest BCUT2D eigenvalue weighted by atomic mass is 14.8. The minimum Gasteiger partial charge on any atom is -0.388 e. The molecular formula is C35H31N. The van der Waals surface area contributed by atoms with E-state index in [0.29, 0.717) is 0 Å². The highest BCUT2D eigenvalue weighted by Crippen LogP contribution is 2.38. The van der Waals surface area contributed by atoms with Crippen molar-refractivity contribution in [1.82, 2.24) is 0 Å². The Labute approximate surface area is 214 Å². The van der Waals surface area contributed by atoms with E-state index in [-0.39, 0.29) is 0 Å². The van der Waals surface area contributed by atoms with Gasteiger partial charge in [-0.15, -0.1) is 0 Å². The smallest absolute Gasteiger partial charge is 0.0337 e. The van der Waals surface area contributed by atoms with Gasteiger partial charge in [0.1, 0.15) is 0 Å². The van der Waals surface area contributed by atoms with Crippen molar-refractivity contribution in [3.05, 3.63) is 119 Å². The molecule has 1 nitrogen and oxygen atoms in total. The van der Waals surface area contributed by atoms with Gasteiger partial charge in [0.05, 0.1) is 0 Å². The molecule has 0 spiro atoms. The Morgan fingerprint density at radius 3 is 2.14 bits per heavy atom. The van der Waals surface area contributed by atoms with Crippen LogP contribution < -0.4 is 5.32 Å². The minimum atomic E-state index is 1.12. The lowest BCUT2D eigenvalue weighted by molar-refractivity contribution is 0.990. The van der Waals surface area contributed by atoms with Crippen LogP contribution in [0.2, 0.25) is 0 Å². The Morgan fingerprint density at radius 2 is 1.36 bits per heavy atom. The Kier molecular flexibility index (Phi) is 5.70. The van der Waals surface area contributed by atoms with E-state index in [4.69, 9.17) is 0 Å². The summed E-state index contributed by atoms with van der Waals surface area (Å²) < 4.78 is 0. The molecule has 1 N–H and O–H groups in total. The van der Waals surface area contributed by atoms with E-state index in [1.807, 2.05) is 7.05 Å². The SMILES string of the molecule is CNc1ccc(-c2ccc(-c3cc(C)cc(C)c3)cc2-c2ccc3c4c(ccc3c2)CCC=C4)cc1. The number of anilines is 1. The molecule has 0 saturated heterocycles. The fourth-order valence-electron chi connectivity index (χ4n) is 5.59. The van der Waals surface area contributed by atoms with Gasteiger partial charge in [0.15, 0.2) is 0 Å². The van der Waals surface area contributed by atoms with Crippen LogP contribution in [0.3, 0.4) is 0 Å². The summed E-state index contributed by atoms with van der Waals surface area (Å²) in [6, 6.07) is 34.0. The van der Waals surface area contributed by atoms with Crippen molar-refractivity contribution in [1.29, 1.82) is 0 Å². The molecule has 5 aromatic rings. The molecule has 0 fully saturated rings. The predicted octanol–water partition coefficient (Wildman–Crippen LogP) is 9.46. The van der Waals surface area contributed by atoms with Crippen LogP contribution in [0.4, 0.5) is 5.69 Å². The average molecular weight is 466 g/mol. The van der Waals surface area contributed by atoms with Gasteiger partial charge in [0.2, 0.25) is 0 Å². The van der Waals surface area contributed by atoms with Crippen molar-refractivity contribution in [2.75, 3.05) is 12.4 Å². The van der Waals surface area contributed by atoms with E-state index >= 15 is 0 Å². The number of aryl methyl sites for hydroxylation is 3. The lowest BCUT2D eigenvalue weighted by Crippen LogP contribution is -1.95. The van der Waals surface area contributed by atoms with E-state index in [0.717, 1.165) is 18.5 Å². The highest BCUT2D eigenvalue weighted by molar-refractivity contribution is 5.97. The first-order chi connectivity index (χ1) is 17.6. The van der Waals surface area contributed by atoms with Gasteiger partial charge < -0.3 is 5.32 Å². The van der Waals surface area contributed by atoms with Crippen molar-refractivity contribution < 1.29 is 0 Å². The van der Waals surface area contributed by atoms with Crippen molar-refractivity contribution in [3.63, 3.8) is 0 Å². The molecule has 0 bridgehead atoms. The van der Waals surface area contributed by atoms with Crippen LogP contribution in [0.25, 0.3) is 50.2 Å². The van der Waals surface area contributed by atoms with Crippen LogP contribution in [-0.4, -0.2) is 7.05 Å². The summed E-state index contributed by atoms with van der Waals surface area (Å²) in [4.78, 5) is 0. The number of nitrogens with one attached hydrogen (secondary N) is 1. The summed E-state index contributed by atoms with van der Waals surface area (Å²) in [6.45, 7) is 4.35. The normalized spacial score (nSPS) is 12.5. The third-order valence-corrected chi connectivity index (χ3v) is 7.39. The third-order valence-electron chi connectivity index (χ3n) is 7.39. The zero-order chi connectivity index (χ0) is 24.6. The predicted molar refractivity (Wildman–Crippen MR) is 157 cm³/mol. The largest absolute Gasteiger partial charge is 0.388 e. The van der Waals surface area contributed by atoms with Crippen LogP contribution in [0.1, 0.15) is 28.7 Å². The van der Waals surface area contributed by atoms with E-state index in [1.165, 1.54) is 66.4 Å². The average Bonchev–Trinajstić information content (AvgIpc) is 2.92. The van der Waals surface area contributed by atoms with Gasteiger partial charge >= 0.3 is 0 Å². The molecule has 0 saturated carbocycles. The molecule has 1 aliphatic carbocycles. The van der Waals surface area contributed by atoms with Gasteiger partial charge in [-0.1, -0.05) is 90.0 Å². The maximum Gasteiger partial charge on any atom is 0.0337 e. The van der Waals surface area contributed by atoms with E-state index in [1.54, 1.807) is 0 Å². The van der Waals surface area contributed by atoms with E-state index in [9.17, 15) is 0 Å². The van der Waals surface area contributed by atoms with Crippen molar-refractivity contribution in [2.24, 2.45) is 0 Å². The van der Waals surface area contributed by atoms with Gasteiger partial charge in [-0.25, -0.2) is 0 Å². The van der Waals surface area contributed by atoms with E-state index in [2.05, 4.69) is 122 Å². The number of hydrogen-bond donors (Lipinski definition) is 1. The summed E-state index contributed by atoms with van der Waals surface area (Å²) in [5.74, 6) is 0.